The fraction of sp³-hybridized carbons (Fsp3) is 0. The van der Waals surface area contributed by atoms with Gasteiger partial charge in [0.25, 0.3) is 0 Å². The maximum Gasteiger partial charge on any atom is 0.193 e. The Morgan fingerprint density at radius 3 is 2.11 bits per heavy atom. The number of Topliss-reactive ketones (excluding diaryl/α,β-unsaturated/α-hetero) is 1. The lowest BCUT2D eigenvalue weighted by molar-refractivity contribution is -0.242. The first kappa shape index (κ1) is 10.6. The molecule has 18 heavy (non-hydrogen) atoms. The third-order valence-corrected chi connectivity index (χ3v) is 3.03. The van der Waals surface area contributed by atoms with Gasteiger partial charge in [-0.05, 0) is 23.3 Å². The summed E-state index contributed by atoms with van der Waals surface area (Å²) in [6.45, 7) is 0. The largest absolute Gasteiger partial charge is 0.872 e. The van der Waals surface area contributed by atoms with E-state index in [4.69, 9.17) is 0 Å². The van der Waals surface area contributed by atoms with Gasteiger partial charge in [0, 0.05) is 11.1 Å². The van der Waals surface area contributed by atoms with E-state index in [1.807, 2.05) is 0 Å². The van der Waals surface area contributed by atoms with Crippen molar-refractivity contribution in [2.24, 2.45) is 0 Å². The van der Waals surface area contributed by atoms with Crippen LogP contribution in [0.2, 0.25) is 0 Å². The molecule has 3 heteroatoms. The number of phenolic OH excluding ortho intramolecular Hbond substituents is 1. The van der Waals surface area contributed by atoms with Crippen LogP contribution in [0.1, 0.15) is 21.5 Å². The molecular weight excluding hydrogens is 228 g/mol. The standard InChI is InChI=1S/C15H10O3/c16-10-7-5-9(6-8-10)13-14(17)11-3-1-2-4-12(11)15(13)18/h1-8,16-17H/p-1. The Balaban J connectivity index is 2.18. The van der Waals surface area contributed by atoms with Gasteiger partial charge >= 0.3 is 0 Å². The van der Waals surface area contributed by atoms with Gasteiger partial charge < -0.3 is 10.2 Å². The molecule has 0 heterocycles. The third kappa shape index (κ3) is 1.41. The Hall–Kier alpha value is -2.55. The number of carbonyl (C=O) groups excluding carboxylic acids is 1. The summed E-state index contributed by atoms with van der Waals surface area (Å²) in [5.41, 5.74) is 1.62. The van der Waals surface area contributed by atoms with Gasteiger partial charge in [-0.1, -0.05) is 42.2 Å². The van der Waals surface area contributed by atoms with Crippen LogP contribution >= 0.6 is 0 Å². The van der Waals surface area contributed by atoms with Gasteiger partial charge in [0.05, 0.1) is 0 Å². The monoisotopic (exact) mass is 237 g/mol. The Morgan fingerprint density at radius 1 is 0.889 bits per heavy atom. The first-order chi connectivity index (χ1) is 8.68. The molecule has 88 valence electrons. The molecule has 0 saturated heterocycles. The summed E-state index contributed by atoms with van der Waals surface area (Å²) in [5.74, 6) is -0.391. The molecule has 2 aromatic rings. The number of benzene rings is 2. The number of hydrogen-bond donors (Lipinski definition) is 1. The van der Waals surface area contributed by atoms with E-state index in [1.54, 1.807) is 36.4 Å². The Kier molecular flexibility index (Phi) is 2.20. The van der Waals surface area contributed by atoms with Crippen molar-refractivity contribution in [2.45, 2.75) is 0 Å². The predicted octanol–water partition coefficient (Wildman–Crippen LogP) is 1.82. The molecule has 0 bridgehead atoms. The van der Waals surface area contributed by atoms with Crippen LogP contribution in [0.5, 0.6) is 5.75 Å². The van der Waals surface area contributed by atoms with Crippen molar-refractivity contribution < 1.29 is 15.0 Å². The average molecular weight is 237 g/mol. The van der Waals surface area contributed by atoms with Crippen LogP contribution in [0.25, 0.3) is 11.3 Å². The highest BCUT2D eigenvalue weighted by Gasteiger charge is 2.24. The van der Waals surface area contributed by atoms with Crippen LogP contribution in [0, 0.1) is 0 Å². The summed E-state index contributed by atoms with van der Waals surface area (Å²) in [5, 5.41) is 21.4. The number of hydrogen-bond acceptors (Lipinski definition) is 3. The molecule has 2 aromatic carbocycles. The number of allylic oxidation sites excluding steroid dienone is 1. The number of phenols is 1. The lowest BCUT2D eigenvalue weighted by Crippen LogP contribution is -2.03. The number of rotatable bonds is 1. The van der Waals surface area contributed by atoms with Gasteiger partial charge in [-0.15, -0.1) is 0 Å². The highest BCUT2D eigenvalue weighted by molar-refractivity contribution is 6.38. The van der Waals surface area contributed by atoms with E-state index in [0.717, 1.165) is 0 Å². The molecule has 0 fully saturated rings. The molecule has 0 amide bonds. The van der Waals surface area contributed by atoms with E-state index in [9.17, 15) is 15.0 Å². The van der Waals surface area contributed by atoms with Crippen molar-refractivity contribution in [3.8, 4) is 5.75 Å². The molecule has 0 aliphatic heterocycles. The van der Waals surface area contributed by atoms with Gasteiger partial charge in [0.1, 0.15) is 5.75 Å². The molecule has 3 nitrogen and oxygen atoms in total. The SMILES string of the molecule is O=C1C(c2ccc(O)cc2)=C([O-])c2ccccc21. The Bertz CT molecular complexity index is 666. The van der Waals surface area contributed by atoms with Crippen molar-refractivity contribution in [1.82, 2.24) is 0 Å². The first-order valence-electron chi connectivity index (χ1n) is 5.53. The van der Waals surface area contributed by atoms with Gasteiger partial charge in [0.15, 0.2) is 5.78 Å². The number of fused-ring (bicyclic) bond motifs is 1. The van der Waals surface area contributed by atoms with E-state index < -0.39 is 0 Å². The maximum absolute atomic E-state index is 12.2. The summed E-state index contributed by atoms with van der Waals surface area (Å²) in [7, 11) is 0. The Morgan fingerprint density at radius 2 is 1.50 bits per heavy atom. The van der Waals surface area contributed by atoms with E-state index in [1.165, 1.54) is 12.1 Å². The Labute approximate surface area is 104 Å². The lowest BCUT2D eigenvalue weighted by Gasteiger charge is -2.11. The van der Waals surface area contributed by atoms with E-state index in [2.05, 4.69) is 0 Å². The lowest BCUT2D eigenvalue weighted by atomic mass is 10.0. The van der Waals surface area contributed by atoms with Gasteiger partial charge in [-0.3, -0.25) is 4.79 Å². The van der Waals surface area contributed by atoms with Crippen molar-refractivity contribution in [2.75, 3.05) is 0 Å². The van der Waals surface area contributed by atoms with E-state index >= 15 is 0 Å². The van der Waals surface area contributed by atoms with Crippen molar-refractivity contribution >= 4 is 17.1 Å². The third-order valence-electron chi connectivity index (χ3n) is 3.03. The fourth-order valence-electron chi connectivity index (χ4n) is 2.14. The van der Waals surface area contributed by atoms with Crippen LogP contribution in [-0.4, -0.2) is 10.9 Å². The number of carbonyl (C=O) groups is 1. The normalized spacial score (nSPS) is 13.9. The molecular formula is C15H9O3-. The van der Waals surface area contributed by atoms with Gasteiger partial charge in [-0.2, -0.15) is 0 Å². The molecule has 0 radical (unpaired) electrons. The fourth-order valence-corrected chi connectivity index (χ4v) is 2.14. The topological polar surface area (TPSA) is 60.4 Å². The first-order valence-corrected chi connectivity index (χ1v) is 5.53. The zero-order valence-corrected chi connectivity index (χ0v) is 9.38. The minimum absolute atomic E-state index is 0.106. The van der Waals surface area contributed by atoms with Crippen LogP contribution in [-0.2, 0) is 0 Å². The van der Waals surface area contributed by atoms with Crippen LogP contribution in [0.15, 0.2) is 48.5 Å². The second-order valence-corrected chi connectivity index (χ2v) is 4.13. The molecule has 0 unspecified atom stereocenters. The van der Waals surface area contributed by atoms with Crippen LogP contribution in [0.3, 0.4) is 0 Å². The summed E-state index contributed by atoms with van der Waals surface area (Å²) in [4.78, 5) is 12.2. The zero-order chi connectivity index (χ0) is 12.7. The molecule has 3 rings (SSSR count). The average Bonchev–Trinajstić information content (AvgIpc) is 2.64. The summed E-state index contributed by atoms with van der Waals surface area (Å²) in [6, 6.07) is 12.9. The second-order valence-electron chi connectivity index (χ2n) is 4.13. The summed E-state index contributed by atoms with van der Waals surface area (Å²) in [6.07, 6.45) is 0. The smallest absolute Gasteiger partial charge is 0.193 e. The van der Waals surface area contributed by atoms with Gasteiger partial charge in [-0.25, -0.2) is 0 Å². The van der Waals surface area contributed by atoms with Crippen molar-refractivity contribution in [3.63, 3.8) is 0 Å². The highest BCUT2D eigenvalue weighted by Crippen LogP contribution is 2.35. The number of ketones is 1. The van der Waals surface area contributed by atoms with E-state index in [0.29, 0.717) is 16.7 Å². The summed E-state index contributed by atoms with van der Waals surface area (Å²) >= 11 is 0. The quantitative estimate of drug-likeness (QED) is 0.822. The molecule has 0 aromatic heterocycles. The van der Waals surface area contributed by atoms with Gasteiger partial charge in [0.2, 0.25) is 0 Å². The zero-order valence-electron chi connectivity index (χ0n) is 9.38. The van der Waals surface area contributed by atoms with Crippen molar-refractivity contribution in [3.05, 3.63) is 65.2 Å². The predicted molar refractivity (Wildman–Crippen MR) is 65.7 cm³/mol. The molecule has 0 atom stereocenters. The van der Waals surface area contributed by atoms with Crippen LogP contribution < -0.4 is 5.11 Å². The highest BCUT2D eigenvalue weighted by atomic mass is 16.3. The van der Waals surface area contributed by atoms with E-state index in [-0.39, 0.29) is 22.9 Å². The molecule has 1 aliphatic carbocycles. The maximum atomic E-state index is 12.2. The van der Waals surface area contributed by atoms with Crippen LogP contribution in [0.4, 0.5) is 0 Å². The minimum atomic E-state index is -0.249. The minimum Gasteiger partial charge on any atom is -0.872 e. The molecule has 0 saturated carbocycles. The summed E-state index contributed by atoms with van der Waals surface area (Å²) < 4.78 is 0. The number of aromatic hydroxyl groups is 1. The molecule has 0 spiro atoms. The molecule has 1 N–H and O–H groups in total. The molecule has 1 aliphatic rings. The van der Waals surface area contributed by atoms with Crippen molar-refractivity contribution in [1.29, 1.82) is 0 Å². The second kappa shape index (κ2) is 3.74.